The molecule has 3 fully saturated rings. The van der Waals surface area contributed by atoms with Crippen molar-refractivity contribution in [1.82, 2.24) is 24.8 Å². The number of piperazine rings is 1. The third kappa shape index (κ3) is 6.71. The number of hydrogen-bond donors (Lipinski definition) is 1. The zero-order valence-corrected chi connectivity index (χ0v) is 32.1. The number of benzene rings is 2. The Morgan fingerprint density at radius 1 is 0.796 bits per heavy atom. The number of carbonyl (C=O) groups excluding carboxylic acids is 1. The summed E-state index contributed by atoms with van der Waals surface area (Å²) in [5.41, 5.74) is 12.6. The van der Waals surface area contributed by atoms with E-state index in [-0.39, 0.29) is 5.91 Å². The number of pyridine rings is 2. The molecule has 2 unspecified atom stereocenters. The summed E-state index contributed by atoms with van der Waals surface area (Å²) in [5.74, 6) is 3.47. The van der Waals surface area contributed by atoms with Gasteiger partial charge in [-0.1, -0.05) is 6.07 Å². The van der Waals surface area contributed by atoms with Gasteiger partial charge < -0.3 is 20.4 Å². The zero-order valence-electron chi connectivity index (χ0n) is 30.4. The number of allylic oxidation sites excluding steroid dienone is 1. The number of nitrogens with two attached hydrogens (primary N) is 1. The van der Waals surface area contributed by atoms with Crippen molar-refractivity contribution in [2.75, 3.05) is 74.6 Å². The lowest BCUT2D eigenvalue weighted by Crippen LogP contribution is -2.48. The molecule has 9 rings (SSSR count). The molecular formula is C41H42N10OS2. The Morgan fingerprint density at radius 3 is 2.07 bits per heavy atom. The lowest BCUT2D eigenvalue weighted by atomic mass is 9.91. The minimum Gasteiger partial charge on any atom is -0.404 e. The molecule has 2 atom stereocenters. The molecule has 0 saturated carbocycles. The predicted octanol–water partition coefficient (Wildman–Crippen LogP) is 6.66. The van der Waals surface area contributed by atoms with Crippen LogP contribution in [0.2, 0.25) is 0 Å². The Hall–Kier alpha value is -5.24. The van der Waals surface area contributed by atoms with Crippen LogP contribution < -0.4 is 20.4 Å². The first-order valence-corrected chi connectivity index (χ1v) is 20.1. The molecule has 7 heterocycles. The Kier molecular flexibility index (Phi) is 9.29. The minimum absolute atomic E-state index is 0.139. The maximum absolute atomic E-state index is 12.6. The van der Waals surface area contributed by atoms with Crippen molar-refractivity contribution in [2.24, 2.45) is 22.6 Å². The van der Waals surface area contributed by atoms with Crippen LogP contribution in [0.25, 0.3) is 47.1 Å². The Bertz CT molecular complexity index is 2390. The number of thiazole rings is 2. The summed E-state index contributed by atoms with van der Waals surface area (Å²) in [6.07, 6.45) is 9.62. The summed E-state index contributed by atoms with van der Waals surface area (Å²) < 4.78 is 2.21. The van der Waals surface area contributed by atoms with Gasteiger partial charge in [0.25, 0.3) is 0 Å². The molecule has 274 valence electrons. The smallest absolute Gasteiger partial charge is 0.241 e. The fourth-order valence-corrected chi connectivity index (χ4v) is 9.94. The maximum Gasteiger partial charge on any atom is 0.241 e. The van der Waals surface area contributed by atoms with Crippen LogP contribution in [-0.4, -0.2) is 96.9 Å². The van der Waals surface area contributed by atoms with E-state index in [1.807, 2.05) is 36.5 Å². The SMILES string of the molecule is CN=CC(=CN)c1ccc2sc(-c3ccc(N4CCC(C5CCN(c6ccc(-c7nc8ccc(N9CCN(C)CC9=O)cc8s7)cn6)C5)C4)nc3)nc2c1. The summed E-state index contributed by atoms with van der Waals surface area (Å²) in [7, 11) is 3.73. The van der Waals surface area contributed by atoms with Crippen LogP contribution in [0.1, 0.15) is 18.4 Å². The number of hydrogen-bond acceptors (Lipinski definition) is 12. The van der Waals surface area contributed by atoms with Crippen molar-refractivity contribution >= 4 is 78.1 Å². The van der Waals surface area contributed by atoms with Gasteiger partial charge in [-0.05, 0) is 91.9 Å². The fraction of sp³-hybridized carbons (Fsp3) is 0.317. The Balaban J connectivity index is 0.813. The summed E-state index contributed by atoms with van der Waals surface area (Å²) in [4.78, 5) is 45.2. The van der Waals surface area contributed by atoms with E-state index in [1.54, 1.807) is 42.1 Å². The molecule has 3 aliphatic rings. The third-order valence-corrected chi connectivity index (χ3v) is 13.2. The van der Waals surface area contributed by atoms with E-state index in [0.717, 1.165) is 103 Å². The predicted molar refractivity (Wildman–Crippen MR) is 223 cm³/mol. The van der Waals surface area contributed by atoms with Gasteiger partial charge in [-0.15, -0.1) is 22.7 Å². The van der Waals surface area contributed by atoms with Gasteiger partial charge in [-0.2, -0.15) is 0 Å². The monoisotopic (exact) mass is 754 g/mol. The van der Waals surface area contributed by atoms with Crippen LogP contribution in [0.4, 0.5) is 17.3 Å². The van der Waals surface area contributed by atoms with Gasteiger partial charge in [0, 0.05) is 93.5 Å². The molecule has 4 aromatic heterocycles. The molecule has 2 aromatic carbocycles. The average molecular weight is 755 g/mol. The van der Waals surface area contributed by atoms with Crippen LogP contribution in [-0.2, 0) is 4.79 Å². The third-order valence-electron chi connectivity index (χ3n) is 11.0. The number of aromatic nitrogens is 4. The number of aliphatic imine (C=N–C) groups is 1. The molecule has 0 spiro atoms. The van der Waals surface area contributed by atoms with Crippen molar-refractivity contribution in [3.8, 4) is 21.1 Å². The molecule has 3 saturated heterocycles. The Labute approximate surface area is 322 Å². The minimum atomic E-state index is 0.139. The van der Waals surface area contributed by atoms with Crippen LogP contribution >= 0.6 is 22.7 Å². The normalized spacial score (nSPS) is 20.1. The molecule has 1 amide bonds. The molecule has 0 bridgehead atoms. The number of anilines is 3. The first-order chi connectivity index (χ1) is 26.4. The van der Waals surface area contributed by atoms with Gasteiger partial charge in [0.1, 0.15) is 21.7 Å². The molecular weight excluding hydrogens is 713 g/mol. The van der Waals surface area contributed by atoms with Crippen LogP contribution in [0, 0.1) is 11.8 Å². The van der Waals surface area contributed by atoms with E-state index in [0.29, 0.717) is 24.9 Å². The van der Waals surface area contributed by atoms with E-state index in [4.69, 9.17) is 25.7 Å². The van der Waals surface area contributed by atoms with Gasteiger partial charge in [0.05, 0.1) is 27.0 Å². The Morgan fingerprint density at radius 2 is 1.46 bits per heavy atom. The summed E-state index contributed by atoms with van der Waals surface area (Å²) >= 11 is 3.33. The molecule has 3 aliphatic heterocycles. The highest BCUT2D eigenvalue weighted by Crippen LogP contribution is 2.37. The van der Waals surface area contributed by atoms with Gasteiger partial charge in [0.2, 0.25) is 5.91 Å². The standard InChI is InChI=1S/C41H42N10OS2/c1-43-20-31(19-42)26-3-8-35-34(17-26)47-41(53-35)28-5-10-38(45-22-28)50-14-12-30(24-50)29-11-13-49(23-29)37-9-4-27(21-44-37)40-46-33-7-6-32(18-36(33)54-40)51-16-15-48(2)25-39(51)52/h3-10,17-22,29-30H,11-16,23-25,42H2,1-2H3. The zero-order chi connectivity index (χ0) is 36.8. The number of carbonyl (C=O) groups is 1. The highest BCUT2D eigenvalue weighted by Gasteiger charge is 2.35. The second-order valence-electron chi connectivity index (χ2n) is 14.5. The van der Waals surface area contributed by atoms with Crippen molar-refractivity contribution < 1.29 is 4.79 Å². The lowest BCUT2D eigenvalue weighted by Gasteiger charge is -2.32. The van der Waals surface area contributed by atoms with Crippen LogP contribution in [0.5, 0.6) is 0 Å². The molecule has 0 aliphatic carbocycles. The first kappa shape index (κ1) is 34.5. The molecule has 54 heavy (non-hydrogen) atoms. The van der Waals surface area contributed by atoms with Crippen molar-refractivity contribution in [3.63, 3.8) is 0 Å². The van der Waals surface area contributed by atoms with E-state index in [2.05, 4.69) is 68.2 Å². The quantitative estimate of drug-likeness (QED) is 0.170. The molecule has 6 aromatic rings. The van der Waals surface area contributed by atoms with Gasteiger partial charge in [-0.3, -0.25) is 14.7 Å². The first-order valence-electron chi connectivity index (χ1n) is 18.5. The summed E-state index contributed by atoms with van der Waals surface area (Å²) in [6.45, 7) is 6.14. The van der Waals surface area contributed by atoms with Gasteiger partial charge in [-0.25, -0.2) is 19.9 Å². The number of nitrogens with zero attached hydrogens (tertiary/aromatic N) is 9. The van der Waals surface area contributed by atoms with Crippen LogP contribution in [0.3, 0.4) is 0 Å². The second-order valence-corrected chi connectivity index (χ2v) is 16.5. The largest absolute Gasteiger partial charge is 0.404 e. The number of fused-ring (bicyclic) bond motifs is 2. The van der Waals surface area contributed by atoms with E-state index < -0.39 is 0 Å². The summed E-state index contributed by atoms with van der Waals surface area (Å²) in [5, 5.41) is 1.91. The number of likely N-dealkylation sites (N-methyl/N-ethyl adjacent to an activating group) is 1. The van der Waals surface area contributed by atoms with Crippen molar-refractivity contribution in [2.45, 2.75) is 12.8 Å². The van der Waals surface area contributed by atoms with E-state index in [9.17, 15) is 4.79 Å². The molecule has 0 radical (unpaired) electrons. The molecule has 2 N–H and O–H groups in total. The number of rotatable bonds is 8. The lowest BCUT2D eigenvalue weighted by molar-refractivity contribution is -0.120. The van der Waals surface area contributed by atoms with Crippen molar-refractivity contribution in [1.29, 1.82) is 0 Å². The van der Waals surface area contributed by atoms with E-state index in [1.165, 1.54) is 12.8 Å². The average Bonchev–Trinajstić information content (AvgIpc) is 4.03. The maximum atomic E-state index is 12.6. The van der Waals surface area contributed by atoms with Crippen LogP contribution in [0.15, 0.2) is 84.2 Å². The number of amides is 1. The van der Waals surface area contributed by atoms with Crippen molar-refractivity contribution in [3.05, 3.63) is 84.8 Å². The molecule has 11 nitrogen and oxygen atoms in total. The van der Waals surface area contributed by atoms with E-state index >= 15 is 0 Å². The highest BCUT2D eigenvalue weighted by molar-refractivity contribution is 7.22. The van der Waals surface area contributed by atoms with Gasteiger partial charge >= 0.3 is 0 Å². The molecule has 13 heteroatoms. The highest BCUT2D eigenvalue weighted by atomic mass is 32.1. The summed E-state index contributed by atoms with van der Waals surface area (Å²) in [6, 6.07) is 21.0. The fourth-order valence-electron chi connectivity index (χ4n) is 8.01. The second kappa shape index (κ2) is 14.5. The van der Waals surface area contributed by atoms with Gasteiger partial charge in [0.15, 0.2) is 0 Å². The topological polar surface area (TPSA) is 120 Å².